The zero-order valence-electron chi connectivity index (χ0n) is 20.5. The average Bonchev–Trinajstić information content (AvgIpc) is 3.38. The zero-order valence-corrected chi connectivity index (χ0v) is 20.5. The number of hydrogen-bond donors (Lipinski definition) is 3. The monoisotopic (exact) mass is 483 g/mol. The maximum atomic E-state index is 14.1. The van der Waals surface area contributed by atoms with E-state index in [0.29, 0.717) is 50.1 Å². The Balaban J connectivity index is 1.42. The number of aliphatic hydroxyl groups is 1. The molecule has 5 heterocycles. The molecular weight excluding hydrogens is 449 g/mol. The molecule has 0 saturated carbocycles. The summed E-state index contributed by atoms with van der Waals surface area (Å²) >= 11 is 0. The summed E-state index contributed by atoms with van der Waals surface area (Å²) in [5.74, 6) is 2.63. The van der Waals surface area contributed by atoms with E-state index in [-0.39, 0.29) is 12.6 Å². The van der Waals surface area contributed by atoms with Gasteiger partial charge in [0.1, 0.15) is 17.8 Å². The summed E-state index contributed by atoms with van der Waals surface area (Å²) in [6.07, 6.45) is 4.71. The maximum absolute atomic E-state index is 14.1. The predicted octanol–water partition coefficient (Wildman–Crippen LogP) is 2.77. The fourth-order valence-electron chi connectivity index (χ4n) is 4.68. The number of alkyl halides is 1. The molecule has 10 nitrogen and oxygen atoms in total. The Morgan fingerprint density at radius 3 is 2.69 bits per heavy atom. The third-order valence-corrected chi connectivity index (χ3v) is 7.19. The van der Waals surface area contributed by atoms with Gasteiger partial charge in [-0.1, -0.05) is 6.92 Å². The standard InChI is InChI=1S/C24H34FN9O/c1-4-15(2)34-19-11-21(28-12-16(19)22(31-34)33-13-17(25)18(26)14-33)29-20-5-8-27-23(30-20)32-9-6-24(3,35)7-10-32/h5,8,11-12,15,17-18,35H,4,6-7,9-10,13-14,26H2,1-3H3,(H,27,28,29,30)/t15?,17-,18+/m0/s1. The first-order valence-corrected chi connectivity index (χ1v) is 12.3. The number of nitrogens with one attached hydrogen (secondary N) is 1. The van der Waals surface area contributed by atoms with Crippen LogP contribution in [0.3, 0.4) is 0 Å². The van der Waals surface area contributed by atoms with Crippen LogP contribution in [0, 0.1) is 0 Å². The topological polar surface area (TPSA) is 121 Å². The van der Waals surface area contributed by atoms with Crippen molar-refractivity contribution >= 4 is 34.3 Å². The van der Waals surface area contributed by atoms with Gasteiger partial charge in [-0.25, -0.2) is 14.4 Å². The van der Waals surface area contributed by atoms with E-state index < -0.39 is 17.8 Å². The maximum Gasteiger partial charge on any atom is 0.227 e. The van der Waals surface area contributed by atoms with Gasteiger partial charge >= 0.3 is 0 Å². The Kier molecular flexibility index (Phi) is 6.22. The molecule has 3 aromatic rings. The summed E-state index contributed by atoms with van der Waals surface area (Å²) in [4.78, 5) is 17.7. The first-order valence-electron chi connectivity index (χ1n) is 12.3. The molecule has 35 heavy (non-hydrogen) atoms. The Labute approximate surface area is 204 Å². The van der Waals surface area contributed by atoms with Gasteiger partial charge in [-0.15, -0.1) is 0 Å². The van der Waals surface area contributed by atoms with Gasteiger partial charge in [0, 0.05) is 44.1 Å². The number of piperidine rings is 1. The van der Waals surface area contributed by atoms with Gasteiger partial charge in [-0.05, 0) is 39.2 Å². The van der Waals surface area contributed by atoms with Gasteiger partial charge < -0.3 is 26.0 Å². The number of nitrogens with two attached hydrogens (primary N) is 1. The van der Waals surface area contributed by atoms with Crippen molar-refractivity contribution in [1.29, 1.82) is 0 Å². The van der Waals surface area contributed by atoms with Crippen molar-refractivity contribution in [1.82, 2.24) is 24.7 Å². The van der Waals surface area contributed by atoms with E-state index in [0.717, 1.165) is 23.1 Å². The van der Waals surface area contributed by atoms with E-state index in [1.54, 1.807) is 18.5 Å². The van der Waals surface area contributed by atoms with Crippen LogP contribution in [-0.4, -0.2) is 73.8 Å². The molecule has 2 aliphatic heterocycles. The first kappa shape index (κ1) is 23.7. The largest absolute Gasteiger partial charge is 0.390 e. The molecule has 4 N–H and O–H groups in total. The summed E-state index contributed by atoms with van der Waals surface area (Å²) in [6, 6.07) is 3.42. The van der Waals surface area contributed by atoms with Crippen LogP contribution in [0.25, 0.3) is 10.9 Å². The van der Waals surface area contributed by atoms with Crippen molar-refractivity contribution in [2.45, 2.75) is 63.9 Å². The second-order valence-electron chi connectivity index (χ2n) is 10.0. The first-order chi connectivity index (χ1) is 16.7. The van der Waals surface area contributed by atoms with Crippen LogP contribution in [0.4, 0.5) is 27.8 Å². The fraction of sp³-hybridized carbons (Fsp3) is 0.583. The molecule has 2 fully saturated rings. The molecular formula is C24H34FN9O. The van der Waals surface area contributed by atoms with Gasteiger partial charge in [-0.3, -0.25) is 4.68 Å². The lowest BCUT2D eigenvalue weighted by molar-refractivity contribution is 0.0349. The van der Waals surface area contributed by atoms with Gasteiger partial charge in [0.05, 0.1) is 29.1 Å². The zero-order chi connectivity index (χ0) is 24.7. The second kappa shape index (κ2) is 9.19. The molecule has 0 aromatic carbocycles. The number of hydrogen-bond acceptors (Lipinski definition) is 9. The van der Waals surface area contributed by atoms with Gasteiger partial charge in [0.15, 0.2) is 5.82 Å². The minimum absolute atomic E-state index is 0.168. The van der Waals surface area contributed by atoms with Crippen LogP contribution < -0.4 is 20.9 Å². The van der Waals surface area contributed by atoms with Crippen molar-refractivity contribution in [3.8, 4) is 0 Å². The Morgan fingerprint density at radius 2 is 2.00 bits per heavy atom. The number of anilines is 4. The highest BCUT2D eigenvalue weighted by atomic mass is 19.1. The Bertz CT molecular complexity index is 1180. The molecule has 0 amide bonds. The predicted molar refractivity (Wildman–Crippen MR) is 135 cm³/mol. The number of halogens is 1. The van der Waals surface area contributed by atoms with Crippen LogP contribution in [0.15, 0.2) is 24.5 Å². The lowest BCUT2D eigenvalue weighted by Gasteiger charge is -2.35. The highest BCUT2D eigenvalue weighted by molar-refractivity contribution is 5.92. The number of fused-ring (bicyclic) bond motifs is 1. The SMILES string of the molecule is CCC(C)n1nc(N2C[C@@H](N)[C@@H](F)C2)c2cnc(Nc3ccnc(N4CCC(C)(O)CC4)n3)cc21. The average molecular weight is 484 g/mol. The van der Waals surface area contributed by atoms with Crippen molar-refractivity contribution in [2.75, 3.05) is 41.3 Å². The Morgan fingerprint density at radius 1 is 1.23 bits per heavy atom. The minimum Gasteiger partial charge on any atom is -0.390 e. The van der Waals surface area contributed by atoms with Crippen LogP contribution in [-0.2, 0) is 0 Å². The molecule has 0 aliphatic carbocycles. The third kappa shape index (κ3) is 4.74. The lowest BCUT2D eigenvalue weighted by Crippen LogP contribution is -2.43. The highest BCUT2D eigenvalue weighted by Gasteiger charge is 2.33. The molecule has 5 rings (SSSR count). The fourth-order valence-corrected chi connectivity index (χ4v) is 4.68. The van der Waals surface area contributed by atoms with E-state index in [9.17, 15) is 9.50 Å². The third-order valence-electron chi connectivity index (χ3n) is 7.19. The van der Waals surface area contributed by atoms with E-state index >= 15 is 0 Å². The highest BCUT2D eigenvalue weighted by Crippen LogP contribution is 2.33. The molecule has 0 bridgehead atoms. The molecule has 0 spiro atoms. The van der Waals surface area contributed by atoms with Gasteiger partial charge in [0.25, 0.3) is 0 Å². The molecule has 188 valence electrons. The quantitative estimate of drug-likeness (QED) is 0.486. The molecule has 1 unspecified atom stereocenters. The van der Waals surface area contributed by atoms with Crippen molar-refractivity contribution < 1.29 is 9.50 Å². The summed E-state index contributed by atoms with van der Waals surface area (Å²) in [7, 11) is 0. The molecule has 11 heteroatoms. The van der Waals surface area contributed by atoms with Gasteiger partial charge in [-0.2, -0.15) is 10.1 Å². The summed E-state index contributed by atoms with van der Waals surface area (Å²) < 4.78 is 16.1. The summed E-state index contributed by atoms with van der Waals surface area (Å²) in [5, 5.41) is 19.2. The smallest absolute Gasteiger partial charge is 0.227 e. The molecule has 0 radical (unpaired) electrons. The normalized spacial score (nSPS) is 23.1. The van der Waals surface area contributed by atoms with Gasteiger partial charge in [0.2, 0.25) is 5.95 Å². The van der Waals surface area contributed by atoms with Crippen molar-refractivity contribution in [3.05, 3.63) is 24.5 Å². The van der Waals surface area contributed by atoms with E-state index in [1.807, 2.05) is 22.6 Å². The minimum atomic E-state index is -1.06. The number of pyridine rings is 1. The van der Waals surface area contributed by atoms with Crippen molar-refractivity contribution in [3.63, 3.8) is 0 Å². The molecule has 3 aromatic heterocycles. The van der Waals surface area contributed by atoms with Crippen LogP contribution in [0.1, 0.15) is 46.1 Å². The molecule has 2 aliphatic rings. The Hall–Kier alpha value is -3.05. The molecule has 3 atom stereocenters. The number of nitrogens with zero attached hydrogens (tertiary/aromatic N) is 7. The van der Waals surface area contributed by atoms with Crippen molar-refractivity contribution in [2.24, 2.45) is 5.73 Å². The van der Waals surface area contributed by atoms with Crippen LogP contribution in [0.2, 0.25) is 0 Å². The second-order valence-corrected chi connectivity index (χ2v) is 10.0. The van der Waals surface area contributed by atoms with E-state index in [4.69, 9.17) is 10.8 Å². The lowest BCUT2D eigenvalue weighted by atomic mass is 9.94. The summed E-state index contributed by atoms with van der Waals surface area (Å²) in [6.45, 7) is 8.18. The summed E-state index contributed by atoms with van der Waals surface area (Å²) in [5.41, 5.74) is 6.22. The van der Waals surface area contributed by atoms with E-state index in [2.05, 4.69) is 39.0 Å². The number of aromatic nitrogens is 5. The van der Waals surface area contributed by atoms with E-state index in [1.165, 1.54) is 0 Å². The number of rotatable bonds is 6. The van der Waals surface area contributed by atoms with Crippen LogP contribution >= 0.6 is 0 Å². The molecule has 2 saturated heterocycles. The van der Waals surface area contributed by atoms with Crippen LogP contribution in [0.5, 0.6) is 0 Å².